The maximum atomic E-state index is 11.1. The van der Waals surface area contributed by atoms with Crippen LogP contribution < -0.4 is 0 Å². The van der Waals surface area contributed by atoms with Gasteiger partial charge in [-0.3, -0.25) is 0 Å². The lowest BCUT2D eigenvalue weighted by molar-refractivity contribution is 0.180. The van der Waals surface area contributed by atoms with Gasteiger partial charge >= 0.3 is 0 Å². The second-order valence-corrected chi connectivity index (χ2v) is 12.1. The first-order chi connectivity index (χ1) is 18.5. The third kappa shape index (κ3) is 3.39. The number of fused-ring (bicyclic) bond motifs is 5. The summed E-state index contributed by atoms with van der Waals surface area (Å²) >= 11 is 0. The van der Waals surface area contributed by atoms with Crippen LogP contribution in [0.25, 0.3) is 22.3 Å². The Morgan fingerprint density at radius 2 is 1.16 bits per heavy atom. The Balaban J connectivity index is 1.49. The van der Waals surface area contributed by atoms with Gasteiger partial charge in [0.15, 0.2) is 0 Å². The van der Waals surface area contributed by atoms with E-state index >= 15 is 0 Å². The summed E-state index contributed by atoms with van der Waals surface area (Å²) in [5, 5.41) is 22.2. The fourth-order valence-corrected chi connectivity index (χ4v) is 8.95. The Kier molecular flexibility index (Phi) is 5.44. The summed E-state index contributed by atoms with van der Waals surface area (Å²) < 4.78 is 0. The Bertz CT molecular complexity index is 1410. The Morgan fingerprint density at radius 1 is 0.658 bits per heavy atom. The summed E-state index contributed by atoms with van der Waals surface area (Å²) in [5.74, 6) is 3.65. The van der Waals surface area contributed by atoms with E-state index < -0.39 is 0 Å². The van der Waals surface area contributed by atoms with Gasteiger partial charge in [-0.1, -0.05) is 67.1 Å². The molecule has 38 heavy (non-hydrogen) atoms. The molecular weight excluding hydrogens is 464 g/mol. The van der Waals surface area contributed by atoms with Crippen molar-refractivity contribution in [3.63, 3.8) is 0 Å². The molecule has 2 bridgehead atoms. The molecule has 7 rings (SSSR count). The predicted octanol–water partition coefficient (Wildman–Crippen LogP) is 8.79. The molecular formula is C36H36O2. The number of hydrogen-bond donors (Lipinski definition) is 2. The molecule has 4 unspecified atom stereocenters. The highest BCUT2D eigenvalue weighted by Gasteiger charge is 2.62. The van der Waals surface area contributed by atoms with E-state index in [1.54, 1.807) is 0 Å². The van der Waals surface area contributed by atoms with E-state index in [1.165, 1.54) is 36.8 Å². The van der Waals surface area contributed by atoms with Crippen molar-refractivity contribution in [2.24, 2.45) is 23.7 Å². The largest absolute Gasteiger partial charge is 0.507 e. The number of aromatic hydroxyl groups is 2. The average Bonchev–Trinajstić information content (AvgIpc) is 3.63. The van der Waals surface area contributed by atoms with Gasteiger partial charge in [-0.05, 0) is 121 Å². The summed E-state index contributed by atoms with van der Waals surface area (Å²) in [6.45, 7) is 4.36. The van der Waals surface area contributed by atoms with Crippen LogP contribution in [0.3, 0.4) is 0 Å². The lowest BCUT2D eigenvalue weighted by Gasteiger charge is -2.46. The van der Waals surface area contributed by atoms with Gasteiger partial charge in [0, 0.05) is 16.5 Å². The monoisotopic (exact) mass is 500 g/mol. The molecule has 4 aromatic carbocycles. The van der Waals surface area contributed by atoms with Gasteiger partial charge in [0.1, 0.15) is 11.5 Å². The van der Waals surface area contributed by atoms with Crippen molar-refractivity contribution in [2.45, 2.75) is 51.4 Å². The van der Waals surface area contributed by atoms with E-state index in [0.717, 1.165) is 57.6 Å². The third-order valence-corrected chi connectivity index (χ3v) is 10.3. The van der Waals surface area contributed by atoms with Crippen LogP contribution in [0.2, 0.25) is 0 Å². The summed E-state index contributed by atoms with van der Waals surface area (Å²) in [7, 11) is 0. The highest BCUT2D eigenvalue weighted by Crippen LogP contribution is 2.69. The molecule has 0 aliphatic heterocycles. The van der Waals surface area contributed by atoms with E-state index in [1.807, 2.05) is 48.5 Å². The molecule has 3 saturated carbocycles. The molecule has 4 aromatic rings. The van der Waals surface area contributed by atoms with Gasteiger partial charge in [-0.2, -0.15) is 0 Å². The van der Waals surface area contributed by atoms with Crippen LogP contribution in [0.5, 0.6) is 11.5 Å². The topological polar surface area (TPSA) is 40.5 Å². The standard InChI is InChI=1S/C36H36O2/c1-22-16-34(37)29(24-10-5-3-6-11-24)19-31(22)36(21-26-18-33(36)28-15-9-14-27(26)28)32-20-30(35(38)17-23(32)2)25-12-7-4-8-13-25/h3-8,10-13,16-17,19-20,26-28,33,37-38H,9,14-15,18,21H2,1-2H3. The number of benzene rings is 4. The normalized spacial score (nSPS) is 25.0. The molecule has 2 N–H and O–H groups in total. The van der Waals surface area contributed by atoms with Crippen LogP contribution in [0, 0.1) is 37.5 Å². The first kappa shape index (κ1) is 23.6. The zero-order valence-corrected chi connectivity index (χ0v) is 22.3. The Labute approximate surface area is 226 Å². The molecule has 2 heteroatoms. The van der Waals surface area contributed by atoms with Crippen LogP contribution in [0.1, 0.15) is 54.4 Å². The second kappa shape index (κ2) is 8.76. The molecule has 0 amide bonds. The first-order valence-electron chi connectivity index (χ1n) is 14.3. The van der Waals surface area contributed by atoms with Crippen LogP contribution in [0.4, 0.5) is 0 Å². The molecule has 192 valence electrons. The molecule has 0 aromatic heterocycles. The number of hydrogen-bond acceptors (Lipinski definition) is 2. The molecule has 0 heterocycles. The molecule has 0 spiro atoms. The average molecular weight is 501 g/mol. The lowest BCUT2D eigenvalue weighted by Crippen LogP contribution is -2.41. The molecule has 3 aliphatic rings. The Morgan fingerprint density at radius 3 is 1.68 bits per heavy atom. The van der Waals surface area contributed by atoms with Crippen LogP contribution in [-0.4, -0.2) is 10.2 Å². The van der Waals surface area contributed by atoms with Crippen LogP contribution >= 0.6 is 0 Å². The van der Waals surface area contributed by atoms with Crippen LogP contribution in [0.15, 0.2) is 84.9 Å². The number of aryl methyl sites for hydroxylation is 2. The minimum Gasteiger partial charge on any atom is -0.507 e. The van der Waals surface area contributed by atoms with Gasteiger partial charge in [0.05, 0.1) is 0 Å². The fraction of sp³-hybridized carbons (Fsp3) is 0.333. The van der Waals surface area contributed by atoms with Crippen molar-refractivity contribution in [3.8, 4) is 33.8 Å². The molecule has 3 aliphatic carbocycles. The van der Waals surface area contributed by atoms with Crippen molar-refractivity contribution in [1.29, 1.82) is 0 Å². The maximum Gasteiger partial charge on any atom is 0.123 e. The minimum absolute atomic E-state index is 0.126. The highest BCUT2D eigenvalue weighted by molar-refractivity contribution is 5.75. The van der Waals surface area contributed by atoms with Crippen molar-refractivity contribution in [2.75, 3.05) is 0 Å². The summed E-state index contributed by atoms with van der Waals surface area (Å²) in [5.41, 5.74) is 8.85. The van der Waals surface area contributed by atoms with E-state index in [0.29, 0.717) is 17.4 Å². The second-order valence-electron chi connectivity index (χ2n) is 12.1. The molecule has 0 radical (unpaired) electrons. The molecule has 3 fully saturated rings. The smallest absolute Gasteiger partial charge is 0.123 e. The van der Waals surface area contributed by atoms with Crippen molar-refractivity contribution >= 4 is 0 Å². The summed E-state index contributed by atoms with van der Waals surface area (Å²) in [4.78, 5) is 0. The SMILES string of the molecule is Cc1cc(O)c(-c2ccccc2)cc1C1(c2cc(-c3ccccc3)c(O)cc2C)CC2CC1C1CCCC21. The molecule has 4 atom stereocenters. The molecule has 2 nitrogen and oxygen atoms in total. The maximum absolute atomic E-state index is 11.1. The van der Waals surface area contributed by atoms with E-state index in [-0.39, 0.29) is 5.41 Å². The number of phenolic OH excluding ortho intramolecular Hbond substituents is 2. The third-order valence-electron chi connectivity index (χ3n) is 10.3. The Hall–Kier alpha value is -3.52. The predicted molar refractivity (Wildman–Crippen MR) is 154 cm³/mol. The minimum atomic E-state index is -0.126. The molecule has 0 saturated heterocycles. The lowest BCUT2D eigenvalue weighted by atomic mass is 9.57. The van der Waals surface area contributed by atoms with Gasteiger partial charge < -0.3 is 10.2 Å². The van der Waals surface area contributed by atoms with E-state index in [4.69, 9.17) is 0 Å². The van der Waals surface area contributed by atoms with Gasteiger partial charge in [-0.15, -0.1) is 0 Å². The zero-order chi connectivity index (χ0) is 26.0. The first-order valence-corrected chi connectivity index (χ1v) is 14.3. The summed E-state index contributed by atoms with van der Waals surface area (Å²) in [6, 6.07) is 29.2. The van der Waals surface area contributed by atoms with Gasteiger partial charge in [-0.25, -0.2) is 0 Å². The van der Waals surface area contributed by atoms with Crippen LogP contribution in [-0.2, 0) is 5.41 Å². The van der Waals surface area contributed by atoms with Crippen molar-refractivity contribution in [3.05, 3.63) is 107 Å². The quantitative estimate of drug-likeness (QED) is 0.294. The van der Waals surface area contributed by atoms with E-state index in [2.05, 4.69) is 50.2 Å². The number of phenols is 2. The number of rotatable bonds is 4. The summed E-state index contributed by atoms with van der Waals surface area (Å²) in [6.07, 6.45) is 6.51. The highest BCUT2D eigenvalue weighted by atomic mass is 16.3. The zero-order valence-electron chi connectivity index (χ0n) is 22.3. The van der Waals surface area contributed by atoms with Gasteiger partial charge in [0.25, 0.3) is 0 Å². The van der Waals surface area contributed by atoms with Crippen molar-refractivity contribution in [1.82, 2.24) is 0 Å². The fourth-order valence-electron chi connectivity index (χ4n) is 8.95. The van der Waals surface area contributed by atoms with E-state index in [9.17, 15) is 10.2 Å². The van der Waals surface area contributed by atoms with Crippen molar-refractivity contribution < 1.29 is 10.2 Å². The van der Waals surface area contributed by atoms with Gasteiger partial charge in [0.2, 0.25) is 0 Å².